The zero-order valence-electron chi connectivity index (χ0n) is 5.16. The summed E-state index contributed by atoms with van der Waals surface area (Å²) in [7, 11) is 0. The Kier molecular flexibility index (Phi) is 2.10. The highest BCUT2D eigenvalue weighted by Crippen LogP contribution is 2.09. The monoisotopic (exact) mass is 144 g/mol. The van der Waals surface area contributed by atoms with Crippen molar-refractivity contribution in [3.63, 3.8) is 0 Å². The van der Waals surface area contributed by atoms with Gasteiger partial charge in [-0.2, -0.15) is 0 Å². The van der Waals surface area contributed by atoms with Gasteiger partial charge < -0.3 is 4.52 Å². The van der Waals surface area contributed by atoms with E-state index in [0.29, 0.717) is 5.03 Å². The van der Waals surface area contributed by atoms with Crippen molar-refractivity contribution >= 4 is 12.6 Å². The van der Waals surface area contributed by atoms with E-state index < -0.39 is 0 Å². The van der Waals surface area contributed by atoms with Gasteiger partial charge in [0.05, 0.1) is 0 Å². The van der Waals surface area contributed by atoms with E-state index in [1.165, 1.54) is 0 Å². The molecule has 0 radical (unpaired) electrons. The Hall–Kier alpha value is -0.510. The fraction of sp³-hybridized carbons (Fsp3) is 0.600. The van der Waals surface area contributed by atoms with Crippen molar-refractivity contribution in [3.8, 4) is 0 Å². The first-order valence-corrected chi connectivity index (χ1v) is 3.29. The molecule has 0 N–H and O–H groups in total. The maximum Gasteiger partial charge on any atom is 0.170 e. The molecule has 0 saturated carbocycles. The molecule has 0 aliphatic carbocycles. The van der Waals surface area contributed by atoms with Gasteiger partial charge in [-0.05, 0) is 6.42 Å². The first-order chi connectivity index (χ1) is 4.34. The van der Waals surface area contributed by atoms with Crippen LogP contribution < -0.4 is 0 Å². The van der Waals surface area contributed by atoms with Crippen LogP contribution in [0.1, 0.15) is 19.1 Å². The predicted octanol–water partition coefficient (Wildman–Crippen LogP) is 1.31. The molecule has 1 rings (SSSR count). The van der Waals surface area contributed by atoms with Crippen LogP contribution in [0.25, 0.3) is 0 Å². The molecule has 50 valence electrons. The van der Waals surface area contributed by atoms with Crippen molar-refractivity contribution in [3.05, 3.63) is 5.76 Å². The van der Waals surface area contributed by atoms with Crippen molar-refractivity contribution in [2.75, 3.05) is 0 Å². The maximum absolute atomic E-state index is 4.77. The third-order valence-electron chi connectivity index (χ3n) is 1.01. The number of aryl methyl sites for hydroxylation is 1. The van der Waals surface area contributed by atoms with Gasteiger partial charge in [-0.25, -0.2) is 0 Å². The van der Waals surface area contributed by atoms with E-state index in [4.69, 9.17) is 4.52 Å². The zero-order valence-corrected chi connectivity index (χ0v) is 6.06. The van der Waals surface area contributed by atoms with Crippen molar-refractivity contribution in [2.24, 2.45) is 0 Å². The number of nitrogens with zero attached hydrogens (tertiary/aromatic N) is 2. The Bertz CT molecular complexity index is 187. The molecular formula is C5H8N2OS. The summed E-state index contributed by atoms with van der Waals surface area (Å²) in [5.41, 5.74) is 0. The second kappa shape index (κ2) is 2.87. The molecule has 1 aromatic heterocycles. The average Bonchev–Trinajstić information content (AvgIpc) is 2.18. The molecular weight excluding hydrogens is 136 g/mol. The Morgan fingerprint density at radius 3 is 2.89 bits per heavy atom. The molecule has 0 aromatic carbocycles. The lowest BCUT2D eigenvalue weighted by Gasteiger charge is -1.86. The lowest BCUT2D eigenvalue weighted by molar-refractivity contribution is 0.360. The third kappa shape index (κ3) is 1.45. The summed E-state index contributed by atoms with van der Waals surface area (Å²) >= 11 is 4.02. The van der Waals surface area contributed by atoms with E-state index in [1.54, 1.807) is 0 Å². The maximum atomic E-state index is 4.77. The van der Waals surface area contributed by atoms with Gasteiger partial charge in [0, 0.05) is 11.7 Å². The molecule has 0 saturated heterocycles. The number of thiol groups is 1. The lowest BCUT2D eigenvalue weighted by Crippen LogP contribution is -1.78. The van der Waals surface area contributed by atoms with Crippen LogP contribution >= 0.6 is 12.6 Å². The molecule has 3 nitrogen and oxygen atoms in total. The minimum atomic E-state index is 0.608. The normalized spacial score (nSPS) is 10.0. The summed E-state index contributed by atoms with van der Waals surface area (Å²) in [6, 6.07) is 0. The van der Waals surface area contributed by atoms with Crippen LogP contribution in [0, 0.1) is 0 Å². The van der Waals surface area contributed by atoms with Crippen molar-refractivity contribution < 1.29 is 4.52 Å². The van der Waals surface area contributed by atoms with E-state index in [0.717, 1.165) is 18.6 Å². The SMILES string of the molecule is CCCc1onnc1S. The second-order valence-electron chi connectivity index (χ2n) is 1.77. The van der Waals surface area contributed by atoms with Gasteiger partial charge >= 0.3 is 0 Å². The molecule has 0 unspecified atom stereocenters. The number of hydrogen-bond donors (Lipinski definition) is 1. The second-order valence-corrected chi connectivity index (χ2v) is 2.19. The zero-order chi connectivity index (χ0) is 6.69. The fourth-order valence-electron chi connectivity index (χ4n) is 0.589. The predicted molar refractivity (Wildman–Crippen MR) is 35.5 cm³/mol. The molecule has 0 aliphatic rings. The van der Waals surface area contributed by atoms with E-state index in [2.05, 4.69) is 29.9 Å². The lowest BCUT2D eigenvalue weighted by atomic mass is 10.3. The van der Waals surface area contributed by atoms with Gasteiger partial charge in [-0.3, -0.25) is 0 Å². The fourth-order valence-corrected chi connectivity index (χ4v) is 0.779. The highest BCUT2D eigenvalue weighted by atomic mass is 32.1. The number of hydrogen-bond acceptors (Lipinski definition) is 4. The summed E-state index contributed by atoms with van der Waals surface area (Å²) in [4.78, 5) is 0. The molecule has 0 amide bonds. The van der Waals surface area contributed by atoms with E-state index in [9.17, 15) is 0 Å². The topological polar surface area (TPSA) is 38.9 Å². The Morgan fingerprint density at radius 1 is 1.67 bits per heavy atom. The van der Waals surface area contributed by atoms with E-state index >= 15 is 0 Å². The third-order valence-corrected chi connectivity index (χ3v) is 1.35. The highest BCUT2D eigenvalue weighted by Gasteiger charge is 2.02. The van der Waals surface area contributed by atoms with Gasteiger partial charge in [-0.1, -0.05) is 6.92 Å². The molecule has 4 heteroatoms. The summed E-state index contributed by atoms with van der Waals surface area (Å²) in [5, 5.41) is 7.53. The Morgan fingerprint density at radius 2 is 2.44 bits per heavy atom. The molecule has 0 fully saturated rings. The van der Waals surface area contributed by atoms with Gasteiger partial charge in [0.15, 0.2) is 10.8 Å². The molecule has 9 heavy (non-hydrogen) atoms. The molecule has 1 aromatic rings. The van der Waals surface area contributed by atoms with Crippen LogP contribution in [0.2, 0.25) is 0 Å². The van der Waals surface area contributed by atoms with Crippen LogP contribution in [0.4, 0.5) is 0 Å². The standard InChI is InChI=1S/C5H8N2OS/c1-2-3-4-5(9)6-7-8-4/h9H,2-3H2,1H3. The first kappa shape index (κ1) is 6.61. The first-order valence-electron chi connectivity index (χ1n) is 2.84. The van der Waals surface area contributed by atoms with Crippen LogP contribution in [-0.4, -0.2) is 10.4 Å². The van der Waals surface area contributed by atoms with Crippen molar-refractivity contribution in [1.29, 1.82) is 0 Å². The summed E-state index contributed by atoms with van der Waals surface area (Å²) in [5.74, 6) is 0.779. The highest BCUT2D eigenvalue weighted by molar-refractivity contribution is 7.80. The molecule has 0 bridgehead atoms. The van der Waals surface area contributed by atoms with Crippen LogP contribution in [0.5, 0.6) is 0 Å². The van der Waals surface area contributed by atoms with Crippen LogP contribution in [0.3, 0.4) is 0 Å². The van der Waals surface area contributed by atoms with Crippen molar-refractivity contribution in [2.45, 2.75) is 24.8 Å². The quantitative estimate of drug-likeness (QED) is 0.636. The smallest absolute Gasteiger partial charge is 0.170 e. The molecule has 1 heterocycles. The average molecular weight is 144 g/mol. The van der Waals surface area contributed by atoms with Gasteiger partial charge in [0.2, 0.25) is 0 Å². The molecule has 0 aliphatic heterocycles. The van der Waals surface area contributed by atoms with Gasteiger partial charge in [-0.15, -0.1) is 17.7 Å². The number of rotatable bonds is 2. The van der Waals surface area contributed by atoms with E-state index in [-0.39, 0.29) is 0 Å². The minimum absolute atomic E-state index is 0.608. The minimum Gasteiger partial charge on any atom is -0.341 e. The Labute approximate surface area is 58.8 Å². The molecule has 0 spiro atoms. The summed E-state index contributed by atoms with van der Waals surface area (Å²) < 4.78 is 4.77. The Balaban J connectivity index is 2.69. The molecule has 0 atom stereocenters. The summed E-state index contributed by atoms with van der Waals surface area (Å²) in [6.45, 7) is 2.07. The van der Waals surface area contributed by atoms with Gasteiger partial charge in [0.25, 0.3) is 0 Å². The summed E-state index contributed by atoms with van der Waals surface area (Å²) in [6.07, 6.45) is 1.90. The van der Waals surface area contributed by atoms with Crippen molar-refractivity contribution in [1.82, 2.24) is 10.4 Å². The van der Waals surface area contributed by atoms with Gasteiger partial charge in [0.1, 0.15) is 0 Å². The van der Waals surface area contributed by atoms with E-state index in [1.807, 2.05) is 0 Å². The van der Waals surface area contributed by atoms with Crippen LogP contribution in [-0.2, 0) is 6.42 Å². The largest absolute Gasteiger partial charge is 0.341 e. The van der Waals surface area contributed by atoms with Crippen LogP contribution in [0.15, 0.2) is 9.55 Å². The number of aromatic nitrogens is 2.